The molecule has 1 N–H and O–H groups in total. The zero-order valence-electron chi connectivity index (χ0n) is 18.5. The Bertz CT molecular complexity index is 1120. The van der Waals surface area contributed by atoms with E-state index in [0.29, 0.717) is 24.0 Å². The third-order valence-corrected chi connectivity index (χ3v) is 6.57. The zero-order chi connectivity index (χ0) is 22.5. The van der Waals surface area contributed by atoms with Gasteiger partial charge in [0.2, 0.25) is 10.1 Å². The fourth-order valence-electron chi connectivity index (χ4n) is 3.74. The molecule has 170 valence electrons. The number of hydrogen-bond acceptors (Lipinski definition) is 7. The Morgan fingerprint density at radius 3 is 2.88 bits per heavy atom. The molecule has 1 aliphatic heterocycles. The van der Waals surface area contributed by atoms with Crippen LogP contribution >= 0.6 is 11.3 Å². The molecule has 1 fully saturated rings. The van der Waals surface area contributed by atoms with Gasteiger partial charge in [0.25, 0.3) is 11.5 Å². The Labute approximate surface area is 191 Å². The van der Waals surface area contributed by atoms with Gasteiger partial charge < -0.3 is 15.0 Å². The van der Waals surface area contributed by atoms with Crippen LogP contribution in [-0.2, 0) is 6.54 Å². The molecule has 1 saturated heterocycles. The first-order chi connectivity index (χ1) is 15.5. The van der Waals surface area contributed by atoms with Crippen molar-refractivity contribution in [2.24, 2.45) is 5.92 Å². The van der Waals surface area contributed by atoms with Gasteiger partial charge in [0.05, 0.1) is 6.61 Å². The molecule has 4 rings (SSSR count). The molecule has 1 aromatic carbocycles. The number of rotatable bonds is 8. The van der Waals surface area contributed by atoms with Crippen molar-refractivity contribution < 1.29 is 9.53 Å². The van der Waals surface area contributed by atoms with Gasteiger partial charge in [-0.2, -0.15) is 4.52 Å². The lowest BCUT2D eigenvalue weighted by Gasteiger charge is -2.30. The molecule has 0 radical (unpaired) electrons. The first-order valence-corrected chi connectivity index (χ1v) is 12.0. The average Bonchev–Trinajstić information content (AvgIpc) is 3.24. The quantitative estimate of drug-likeness (QED) is 0.523. The summed E-state index contributed by atoms with van der Waals surface area (Å²) in [6, 6.07) is 7.58. The van der Waals surface area contributed by atoms with Crippen LogP contribution in [0.15, 0.2) is 35.3 Å². The van der Waals surface area contributed by atoms with Crippen LogP contribution in [0.2, 0.25) is 0 Å². The highest BCUT2D eigenvalue weighted by Crippen LogP contribution is 2.26. The van der Waals surface area contributed by atoms with Crippen molar-refractivity contribution in [3.05, 3.63) is 51.9 Å². The van der Waals surface area contributed by atoms with Gasteiger partial charge in [0, 0.05) is 25.8 Å². The zero-order valence-corrected chi connectivity index (χ0v) is 19.4. The highest BCUT2D eigenvalue weighted by molar-refractivity contribution is 7.20. The lowest BCUT2D eigenvalue weighted by atomic mass is 10.0. The molecule has 0 aliphatic carbocycles. The standard InChI is InChI=1S/C23H29N5O3S/c1-3-4-12-31-18-9-7-17(8-10-18)13-24-20(29)19-14-25-22-28(21(19)30)26-23(32-22)27-11-5-6-16(2)15-27/h7-10,14,16H,3-6,11-13,15H2,1-2H3,(H,24,29)/t16-/m0/s1. The normalized spacial score (nSPS) is 16.3. The molecular weight excluding hydrogens is 426 g/mol. The fraction of sp³-hybridized carbons (Fsp3) is 0.478. The average molecular weight is 456 g/mol. The van der Waals surface area contributed by atoms with Crippen LogP contribution in [0.4, 0.5) is 5.13 Å². The Hall–Kier alpha value is -2.94. The summed E-state index contributed by atoms with van der Waals surface area (Å²) in [6.07, 6.45) is 5.77. The second-order valence-corrected chi connectivity index (χ2v) is 9.21. The van der Waals surface area contributed by atoms with E-state index in [-0.39, 0.29) is 5.56 Å². The Kier molecular flexibility index (Phi) is 7.04. The lowest BCUT2D eigenvalue weighted by molar-refractivity contribution is 0.0948. The molecule has 1 amide bonds. The van der Waals surface area contributed by atoms with Crippen LogP contribution in [0.1, 0.15) is 55.5 Å². The number of nitrogens with zero attached hydrogens (tertiary/aromatic N) is 4. The summed E-state index contributed by atoms with van der Waals surface area (Å²) in [5.41, 5.74) is 0.469. The maximum Gasteiger partial charge on any atom is 0.288 e. The maximum absolute atomic E-state index is 12.9. The van der Waals surface area contributed by atoms with E-state index in [2.05, 4.69) is 34.1 Å². The van der Waals surface area contributed by atoms with Crippen LogP contribution in [0.5, 0.6) is 5.75 Å². The van der Waals surface area contributed by atoms with Gasteiger partial charge in [0.15, 0.2) is 0 Å². The molecule has 3 heterocycles. The van der Waals surface area contributed by atoms with Crippen molar-refractivity contribution in [2.45, 2.75) is 46.1 Å². The van der Waals surface area contributed by atoms with Gasteiger partial charge in [-0.3, -0.25) is 9.59 Å². The van der Waals surface area contributed by atoms with Crippen LogP contribution in [-0.4, -0.2) is 40.2 Å². The number of fused-ring (bicyclic) bond motifs is 1. The van der Waals surface area contributed by atoms with Gasteiger partial charge in [0.1, 0.15) is 11.3 Å². The summed E-state index contributed by atoms with van der Waals surface area (Å²) in [5, 5.41) is 8.04. The molecule has 8 nitrogen and oxygen atoms in total. The van der Waals surface area contributed by atoms with Gasteiger partial charge in [-0.05, 0) is 42.9 Å². The van der Waals surface area contributed by atoms with Crippen molar-refractivity contribution in [2.75, 3.05) is 24.6 Å². The maximum atomic E-state index is 12.9. The van der Waals surface area contributed by atoms with Crippen molar-refractivity contribution in [3.63, 3.8) is 0 Å². The number of benzene rings is 1. The molecule has 1 atom stereocenters. The van der Waals surface area contributed by atoms with E-state index in [9.17, 15) is 9.59 Å². The topological polar surface area (TPSA) is 88.8 Å². The van der Waals surface area contributed by atoms with E-state index in [1.807, 2.05) is 24.3 Å². The molecule has 0 saturated carbocycles. The summed E-state index contributed by atoms with van der Waals surface area (Å²) in [7, 11) is 0. The molecule has 2 aromatic heterocycles. The van der Waals surface area contributed by atoms with Gasteiger partial charge in [-0.15, -0.1) is 5.10 Å². The number of aromatic nitrogens is 3. The molecule has 0 bridgehead atoms. The largest absolute Gasteiger partial charge is 0.494 e. The van der Waals surface area contributed by atoms with E-state index >= 15 is 0 Å². The second-order valence-electron chi connectivity index (χ2n) is 8.28. The van der Waals surface area contributed by atoms with Crippen LogP contribution in [0.3, 0.4) is 0 Å². The fourth-order valence-corrected chi connectivity index (χ4v) is 4.63. The number of carbonyl (C=O) groups excluding carboxylic acids is 1. The van der Waals surface area contributed by atoms with Crippen molar-refractivity contribution in [3.8, 4) is 5.75 Å². The first kappa shape index (κ1) is 22.3. The number of carbonyl (C=O) groups is 1. The van der Waals surface area contributed by atoms with Crippen molar-refractivity contribution in [1.29, 1.82) is 0 Å². The number of amides is 1. The van der Waals surface area contributed by atoms with E-state index in [0.717, 1.165) is 48.8 Å². The van der Waals surface area contributed by atoms with Crippen LogP contribution in [0, 0.1) is 5.92 Å². The minimum atomic E-state index is -0.457. The highest BCUT2D eigenvalue weighted by atomic mass is 32.1. The monoisotopic (exact) mass is 455 g/mol. The SMILES string of the molecule is CCCCOc1ccc(CNC(=O)c2cnc3sc(N4CCC[C@H](C)C4)nn3c2=O)cc1. The number of hydrogen-bond donors (Lipinski definition) is 1. The summed E-state index contributed by atoms with van der Waals surface area (Å²) >= 11 is 1.38. The Morgan fingerprint density at radius 1 is 1.31 bits per heavy atom. The van der Waals surface area contributed by atoms with Crippen molar-refractivity contribution in [1.82, 2.24) is 19.9 Å². The van der Waals surface area contributed by atoms with E-state index < -0.39 is 11.5 Å². The minimum Gasteiger partial charge on any atom is -0.494 e. The van der Waals surface area contributed by atoms with Crippen molar-refractivity contribution >= 4 is 27.3 Å². The summed E-state index contributed by atoms with van der Waals surface area (Å²) < 4.78 is 6.90. The highest BCUT2D eigenvalue weighted by Gasteiger charge is 2.22. The molecule has 32 heavy (non-hydrogen) atoms. The van der Waals surface area contributed by atoms with Gasteiger partial charge in [-0.25, -0.2) is 4.98 Å². The van der Waals surface area contributed by atoms with E-state index in [1.165, 1.54) is 28.5 Å². The molecule has 9 heteroatoms. The number of piperidine rings is 1. The summed E-state index contributed by atoms with van der Waals surface area (Å²) in [5.74, 6) is 0.948. The lowest BCUT2D eigenvalue weighted by Crippen LogP contribution is -2.34. The van der Waals surface area contributed by atoms with Gasteiger partial charge >= 0.3 is 0 Å². The molecule has 1 aliphatic rings. The third-order valence-electron chi connectivity index (χ3n) is 5.59. The molecule has 0 spiro atoms. The Balaban J connectivity index is 1.42. The number of ether oxygens (including phenoxy) is 1. The summed E-state index contributed by atoms with van der Waals surface area (Å²) in [6.45, 7) is 7.19. The Morgan fingerprint density at radius 2 is 2.12 bits per heavy atom. The van der Waals surface area contributed by atoms with E-state index in [4.69, 9.17) is 4.74 Å². The predicted octanol–water partition coefficient (Wildman–Crippen LogP) is 3.50. The summed E-state index contributed by atoms with van der Waals surface area (Å²) in [4.78, 5) is 32.5. The van der Waals surface area contributed by atoms with E-state index in [1.54, 1.807) is 0 Å². The number of unbranched alkanes of at least 4 members (excludes halogenated alkanes) is 1. The molecule has 0 unspecified atom stereocenters. The first-order valence-electron chi connectivity index (χ1n) is 11.2. The van der Waals surface area contributed by atoms with Crippen LogP contribution < -0.4 is 20.5 Å². The van der Waals surface area contributed by atoms with Crippen LogP contribution in [0.25, 0.3) is 4.96 Å². The molecule has 3 aromatic rings. The molecular formula is C23H29N5O3S. The predicted molar refractivity (Wildman–Crippen MR) is 126 cm³/mol. The third kappa shape index (κ3) is 5.09. The minimum absolute atomic E-state index is 0.00844. The number of nitrogens with one attached hydrogen (secondary N) is 1. The second kappa shape index (κ2) is 10.1. The smallest absolute Gasteiger partial charge is 0.288 e. The number of anilines is 1. The van der Waals surface area contributed by atoms with Gasteiger partial charge in [-0.1, -0.05) is 43.7 Å².